The molecule has 0 saturated heterocycles. The van der Waals surface area contributed by atoms with Crippen molar-refractivity contribution in [3.63, 3.8) is 0 Å². The highest BCUT2D eigenvalue weighted by Crippen LogP contribution is 2.19. The van der Waals surface area contributed by atoms with Gasteiger partial charge >= 0.3 is 17.9 Å². The van der Waals surface area contributed by atoms with Gasteiger partial charge in [0.2, 0.25) is 0 Å². The maximum Gasteiger partial charge on any atom is 0.306 e. The molecule has 0 aromatic rings. The van der Waals surface area contributed by atoms with Crippen LogP contribution in [-0.4, -0.2) is 60.8 Å². The summed E-state index contributed by atoms with van der Waals surface area (Å²) in [7, 11) is 0. The third-order valence-corrected chi connectivity index (χ3v) is 11.3. The predicted molar refractivity (Wildman–Crippen MR) is 246 cm³/mol. The molecule has 0 bridgehead atoms. The van der Waals surface area contributed by atoms with E-state index in [2.05, 4.69) is 25.7 Å². The van der Waals surface area contributed by atoms with Gasteiger partial charge in [-0.15, -0.1) is 0 Å². The van der Waals surface area contributed by atoms with Crippen molar-refractivity contribution in [2.24, 2.45) is 0 Å². The van der Waals surface area contributed by atoms with Crippen LogP contribution >= 0.6 is 0 Å². The van der Waals surface area contributed by atoms with Crippen LogP contribution in [-0.2, 0) is 28.6 Å². The minimum Gasteiger partial charge on any atom is -0.466 e. The summed E-state index contributed by atoms with van der Waals surface area (Å²) >= 11 is 0. The highest BCUT2D eigenvalue weighted by atomic mass is 16.6. The maximum atomic E-state index is 12.8. The molecule has 0 rings (SSSR count). The Kier molecular flexibility index (Phi) is 40.9. The van der Waals surface area contributed by atoms with Crippen molar-refractivity contribution in [2.45, 2.75) is 284 Å². The van der Waals surface area contributed by atoms with Crippen molar-refractivity contribution in [2.75, 3.05) is 26.2 Å². The molecule has 0 amide bonds. The topological polar surface area (TPSA) is 82.1 Å². The van der Waals surface area contributed by atoms with Crippen LogP contribution in [0.2, 0.25) is 0 Å². The SMILES string of the molecule is CCCCCCCCCOC(=O)CCCCCCCN(CCCCCCCC(=O)OC(CCCCCCCC)CCCCCCCC)CCCCC(=O)OC(C)(C)C. The summed E-state index contributed by atoms with van der Waals surface area (Å²) in [5.41, 5.74) is -0.431. The number of ether oxygens (including phenoxy) is 3. The molecule has 0 fully saturated rings. The summed E-state index contributed by atoms with van der Waals surface area (Å²) in [6.07, 6.45) is 40.5. The molecule has 0 unspecified atom stereocenters. The number of esters is 3. The number of carbonyl (C=O) groups excluding carboxylic acids is 3. The molecule has 0 aliphatic heterocycles. The molecule has 0 aliphatic rings. The van der Waals surface area contributed by atoms with Gasteiger partial charge in [-0.2, -0.15) is 0 Å². The van der Waals surface area contributed by atoms with E-state index in [9.17, 15) is 14.4 Å². The summed E-state index contributed by atoms with van der Waals surface area (Å²) in [5.74, 6) is -0.122. The lowest BCUT2D eigenvalue weighted by Crippen LogP contribution is -2.28. The predicted octanol–water partition coefficient (Wildman–Crippen LogP) is 15.2. The second kappa shape index (κ2) is 42.1. The zero-order chi connectivity index (χ0) is 42.8. The Morgan fingerprint density at radius 2 is 0.759 bits per heavy atom. The maximum absolute atomic E-state index is 12.8. The molecule has 7 heteroatoms. The first-order valence-corrected chi connectivity index (χ1v) is 25.4. The standard InChI is InChI=1S/C51H99NO6/c1-7-10-13-16-19-28-37-46-56-48(53)40-31-24-20-26-34-43-52(45-36-33-42-50(55)58-51(4,5)6)44-35-27-21-25-32-41-49(54)57-47(38-29-22-17-14-11-8-2)39-30-23-18-15-12-9-3/h47H,7-46H2,1-6H3. The average molecular weight is 822 g/mol. The van der Waals surface area contributed by atoms with Gasteiger partial charge in [-0.05, 0) is 111 Å². The Morgan fingerprint density at radius 1 is 0.414 bits per heavy atom. The van der Waals surface area contributed by atoms with Gasteiger partial charge in [0, 0.05) is 19.3 Å². The zero-order valence-corrected chi connectivity index (χ0v) is 39.8. The normalized spacial score (nSPS) is 11.8. The fourth-order valence-corrected chi connectivity index (χ4v) is 7.73. The number of nitrogens with zero attached hydrogens (tertiary/aromatic N) is 1. The molecular formula is C51H99NO6. The Morgan fingerprint density at radius 3 is 1.22 bits per heavy atom. The Balaban J connectivity index is 4.45. The zero-order valence-electron chi connectivity index (χ0n) is 39.8. The molecule has 0 saturated carbocycles. The van der Waals surface area contributed by atoms with Crippen LogP contribution < -0.4 is 0 Å². The van der Waals surface area contributed by atoms with Gasteiger partial charge in [0.25, 0.3) is 0 Å². The molecule has 58 heavy (non-hydrogen) atoms. The minimum atomic E-state index is -0.431. The fourth-order valence-electron chi connectivity index (χ4n) is 7.73. The molecule has 344 valence electrons. The van der Waals surface area contributed by atoms with Crippen molar-refractivity contribution in [3.8, 4) is 0 Å². The molecule has 0 aliphatic carbocycles. The first-order chi connectivity index (χ1) is 28.1. The molecule has 0 heterocycles. The van der Waals surface area contributed by atoms with Crippen LogP contribution in [0.4, 0.5) is 0 Å². The van der Waals surface area contributed by atoms with Crippen molar-refractivity contribution in [1.82, 2.24) is 4.90 Å². The first kappa shape index (κ1) is 56.4. The summed E-state index contributed by atoms with van der Waals surface area (Å²) in [4.78, 5) is 39.8. The van der Waals surface area contributed by atoms with Crippen LogP contribution in [0, 0.1) is 0 Å². The summed E-state index contributed by atoms with van der Waals surface area (Å²) in [6.45, 7) is 16.3. The van der Waals surface area contributed by atoms with Gasteiger partial charge < -0.3 is 19.1 Å². The second-order valence-corrected chi connectivity index (χ2v) is 18.5. The summed E-state index contributed by atoms with van der Waals surface area (Å²) < 4.78 is 17.0. The van der Waals surface area contributed by atoms with Gasteiger partial charge in [-0.1, -0.05) is 162 Å². The van der Waals surface area contributed by atoms with E-state index in [0.29, 0.717) is 25.9 Å². The highest BCUT2D eigenvalue weighted by Gasteiger charge is 2.17. The van der Waals surface area contributed by atoms with Crippen molar-refractivity contribution in [3.05, 3.63) is 0 Å². The number of rotatable bonds is 44. The Labute approximate surface area is 361 Å². The first-order valence-electron chi connectivity index (χ1n) is 25.4. The van der Waals surface area contributed by atoms with Gasteiger partial charge in [-0.3, -0.25) is 14.4 Å². The lowest BCUT2D eigenvalue weighted by Gasteiger charge is -2.23. The molecule has 0 N–H and O–H groups in total. The third-order valence-electron chi connectivity index (χ3n) is 11.3. The van der Waals surface area contributed by atoms with Gasteiger partial charge in [0.1, 0.15) is 11.7 Å². The monoisotopic (exact) mass is 822 g/mol. The Bertz CT molecular complexity index is 901. The quantitative estimate of drug-likeness (QED) is 0.0344. The van der Waals surface area contributed by atoms with E-state index in [1.165, 1.54) is 122 Å². The largest absolute Gasteiger partial charge is 0.466 e. The van der Waals surface area contributed by atoms with Crippen molar-refractivity contribution in [1.29, 1.82) is 0 Å². The highest BCUT2D eigenvalue weighted by molar-refractivity contribution is 5.70. The van der Waals surface area contributed by atoms with Crippen molar-refractivity contribution >= 4 is 17.9 Å². The molecule has 0 atom stereocenters. The van der Waals surface area contributed by atoms with Crippen molar-refractivity contribution < 1.29 is 28.6 Å². The molecule has 0 aromatic carbocycles. The van der Waals surface area contributed by atoms with E-state index in [4.69, 9.17) is 14.2 Å². The summed E-state index contributed by atoms with van der Waals surface area (Å²) in [5, 5.41) is 0. The van der Waals surface area contributed by atoms with E-state index < -0.39 is 5.60 Å². The van der Waals surface area contributed by atoms with Crippen LogP contribution in [0.25, 0.3) is 0 Å². The van der Waals surface area contributed by atoms with E-state index in [-0.39, 0.29) is 24.0 Å². The smallest absolute Gasteiger partial charge is 0.306 e. The van der Waals surface area contributed by atoms with Crippen LogP contribution in [0.15, 0.2) is 0 Å². The average Bonchev–Trinajstić information content (AvgIpc) is 3.18. The molecule has 0 radical (unpaired) electrons. The molecular weight excluding hydrogens is 723 g/mol. The fraction of sp³-hybridized carbons (Fsp3) is 0.941. The van der Waals surface area contributed by atoms with Crippen LogP contribution in [0.3, 0.4) is 0 Å². The Hall–Kier alpha value is -1.63. The van der Waals surface area contributed by atoms with E-state index in [1.54, 1.807) is 0 Å². The molecule has 0 aromatic heterocycles. The van der Waals surface area contributed by atoms with Crippen LogP contribution in [0.5, 0.6) is 0 Å². The number of unbranched alkanes of at least 4 members (excludes halogenated alkanes) is 25. The molecule has 7 nitrogen and oxygen atoms in total. The minimum absolute atomic E-state index is 0.0123. The molecule has 0 spiro atoms. The second-order valence-electron chi connectivity index (χ2n) is 18.5. The number of hydrogen-bond donors (Lipinski definition) is 0. The number of hydrogen-bond acceptors (Lipinski definition) is 7. The van der Waals surface area contributed by atoms with Gasteiger partial charge in [-0.25, -0.2) is 0 Å². The van der Waals surface area contributed by atoms with E-state index in [0.717, 1.165) is 110 Å². The third kappa shape index (κ3) is 42.5. The van der Waals surface area contributed by atoms with E-state index >= 15 is 0 Å². The lowest BCUT2D eigenvalue weighted by molar-refractivity contribution is -0.155. The van der Waals surface area contributed by atoms with Gasteiger partial charge in [0.05, 0.1) is 6.61 Å². The summed E-state index contributed by atoms with van der Waals surface area (Å²) in [6, 6.07) is 0. The van der Waals surface area contributed by atoms with E-state index in [1.807, 2.05) is 20.8 Å². The van der Waals surface area contributed by atoms with Crippen LogP contribution in [0.1, 0.15) is 273 Å². The number of carbonyl (C=O) groups is 3. The van der Waals surface area contributed by atoms with Gasteiger partial charge in [0.15, 0.2) is 0 Å². The lowest BCUT2D eigenvalue weighted by atomic mass is 10.0.